The van der Waals surface area contributed by atoms with E-state index in [1.807, 2.05) is 48.5 Å². The number of anilines is 1. The second-order valence-corrected chi connectivity index (χ2v) is 5.69. The van der Waals surface area contributed by atoms with Crippen molar-refractivity contribution < 1.29 is 9.59 Å². The maximum Gasteiger partial charge on any atom is 0.227 e. The zero-order chi connectivity index (χ0) is 17.1. The highest BCUT2D eigenvalue weighted by Crippen LogP contribution is 2.33. The van der Waals surface area contributed by atoms with E-state index >= 15 is 0 Å². The van der Waals surface area contributed by atoms with Crippen LogP contribution in [-0.4, -0.2) is 12.2 Å². The molecular formula is C19H19N3O2. The quantitative estimate of drug-likeness (QED) is 0.849. The molecular weight excluding hydrogens is 302 g/mol. The molecule has 1 amide bonds. The van der Waals surface area contributed by atoms with Gasteiger partial charge < -0.3 is 21.2 Å². The maximum atomic E-state index is 12.7. The molecule has 0 aromatic heterocycles. The first-order valence-corrected chi connectivity index (χ1v) is 7.80. The standard InChI is InChI=1S/C19H19N3O2/c20-18-14-7-2-1-6-13(14)12-22(17(24)10-5-11-23)16-9-4-3-8-15(16)19(18)21/h1-4,6-9,11H,5,10,12,20-21H2/b19-18-. The lowest BCUT2D eigenvalue weighted by molar-refractivity contribution is -0.120. The van der Waals surface area contributed by atoms with E-state index in [-0.39, 0.29) is 18.7 Å². The lowest BCUT2D eigenvalue weighted by Crippen LogP contribution is -2.33. The van der Waals surface area contributed by atoms with Crippen LogP contribution < -0.4 is 16.4 Å². The first-order chi connectivity index (χ1) is 11.6. The van der Waals surface area contributed by atoms with Crippen LogP contribution in [0.2, 0.25) is 0 Å². The van der Waals surface area contributed by atoms with Gasteiger partial charge in [0, 0.05) is 24.0 Å². The average molecular weight is 321 g/mol. The van der Waals surface area contributed by atoms with Crippen LogP contribution in [0.5, 0.6) is 0 Å². The van der Waals surface area contributed by atoms with Gasteiger partial charge in [-0.15, -0.1) is 0 Å². The number of benzene rings is 2. The SMILES string of the molecule is N/C1=C(\N)c2ccccc2N(C(=O)CCC=O)Cc2ccccc21. The molecule has 0 unspecified atom stereocenters. The second kappa shape index (κ2) is 6.58. The number of carbonyl (C=O) groups is 2. The summed E-state index contributed by atoms with van der Waals surface area (Å²) in [7, 11) is 0. The van der Waals surface area contributed by atoms with E-state index in [0.717, 1.165) is 23.0 Å². The molecule has 3 rings (SSSR count). The van der Waals surface area contributed by atoms with Crippen molar-refractivity contribution in [2.24, 2.45) is 11.5 Å². The molecule has 0 atom stereocenters. The van der Waals surface area contributed by atoms with E-state index in [4.69, 9.17) is 11.5 Å². The Morgan fingerprint density at radius 1 is 1.00 bits per heavy atom. The molecule has 1 aliphatic heterocycles. The largest absolute Gasteiger partial charge is 0.397 e. The van der Waals surface area contributed by atoms with Gasteiger partial charge in [0.05, 0.1) is 23.6 Å². The van der Waals surface area contributed by atoms with Crippen LogP contribution in [0.4, 0.5) is 5.69 Å². The summed E-state index contributed by atoms with van der Waals surface area (Å²) in [6, 6.07) is 15.1. The molecule has 5 heteroatoms. The molecule has 0 aliphatic carbocycles. The monoisotopic (exact) mass is 321 g/mol. The summed E-state index contributed by atoms with van der Waals surface area (Å²) in [5.41, 5.74) is 16.7. The summed E-state index contributed by atoms with van der Waals surface area (Å²) < 4.78 is 0. The molecule has 1 heterocycles. The van der Waals surface area contributed by atoms with E-state index in [1.54, 1.807) is 4.90 Å². The van der Waals surface area contributed by atoms with Crippen molar-refractivity contribution in [3.63, 3.8) is 0 Å². The molecule has 0 saturated carbocycles. The third kappa shape index (κ3) is 2.76. The van der Waals surface area contributed by atoms with Gasteiger partial charge in [0.1, 0.15) is 6.29 Å². The summed E-state index contributed by atoms with van der Waals surface area (Å²) in [6.45, 7) is 0.388. The number of fused-ring (bicyclic) bond motifs is 2. The van der Waals surface area contributed by atoms with Gasteiger partial charge >= 0.3 is 0 Å². The first-order valence-electron chi connectivity index (χ1n) is 7.80. The molecule has 0 radical (unpaired) electrons. The lowest BCUT2D eigenvalue weighted by Gasteiger charge is -2.29. The van der Waals surface area contributed by atoms with Crippen molar-refractivity contribution in [3.8, 4) is 0 Å². The summed E-state index contributed by atoms with van der Waals surface area (Å²) in [5, 5.41) is 0. The highest BCUT2D eigenvalue weighted by atomic mass is 16.2. The van der Waals surface area contributed by atoms with Crippen LogP contribution in [0.1, 0.15) is 29.5 Å². The number of hydrogen-bond donors (Lipinski definition) is 2. The van der Waals surface area contributed by atoms with Crippen LogP contribution in [0.15, 0.2) is 48.5 Å². The summed E-state index contributed by atoms with van der Waals surface area (Å²) >= 11 is 0. The Labute approximate surface area is 140 Å². The Hall–Kier alpha value is -3.08. The van der Waals surface area contributed by atoms with Gasteiger partial charge in [-0.05, 0) is 11.6 Å². The van der Waals surface area contributed by atoms with Crippen LogP contribution in [0, 0.1) is 0 Å². The molecule has 0 spiro atoms. The van der Waals surface area contributed by atoms with E-state index in [1.165, 1.54) is 0 Å². The van der Waals surface area contributed by atoms with Crippen molar-refractivity contribution in [1.29, 1.82) is 0 Å². The first kappa shape index (κ1) is 15.8. The Kier molecular flexibility index (Phi) is 4.33. The molecule has 0 bridgehead atoms. The molecule has 0 saturated heterocycles. The third-order valence-electron chi connectivity index (χ3n) is 4.19. The minimum Gasteiger partial charge on any atom is -0.397 e. The normalized spacial score (nSPS) is 16.6. The molecule has 0 fully saturated rings. The molecule has 4 N–H and O–H groups in total. The van der Waals surface area contributed by atoms with Crippen molar-refractivity contribution in [2.45, 2.75) is 19.4 Å². The van der Waals surface area contributed by atoms with Gasteiger partial charge in [0.25, 0.3) is 0 Å². The van der Waals surface area contributed by atoms with Crippen LogP contribution in [0.25, 0.3) is 11.4 Å². The summed E-state index contributed by atoms with van der Waals surface area (Å²) in [5.74, 6) is -0.113. The van der Waals surface area contributed by atoms with Crippen LogP contribution in [0.3, 0.4) is 0 Å². The van der Waals surface area contributed by atoms with Crippen LogP contribution in [-0.2, 0) is 16.1 Å². The second-order valence-electron chi connectivity index (χ2n) is 5.69. The highest BCUT2D eigenvalue weighted by molar-refractivity contribution is 6.01. The molecule has 1 aliphatic rings. The predicted octanol–water partition coefficient (Wildman–Crippen LogP) is 2.26. The fraction of sp³-hybridized carbons (Fsp3) is 0.158. The highest BCUT2D eigenvalue weighted by Gasteiger charge is 2.24. The van der Waals surface area contributed by atoms with Gasteiger partial charge in [-0.3, -0.25) is 4.79 Å². The minimum atomic E-state index is -0.113. The zero-order valence-electron chi connectivity index (χ0n) is 13.2. The van der Waals surface area contributed by atoms with Crippen molar-refractivity contribution >= 4 is 29.3 Å². The predicted molar refractivity (Wildman–Crippen MR) is 94.6 cm³/mol. The fourth-order valence-corrected chi connectivity index (χ4v) is 2.94. The number of nitrogens with zero attached hydrogens (tertiary/aromatic N) is 1. The number of carbonyl (C=O) groups excluding carboxylic acids is 2. The van der Waals surface area contributed by atoms with Gasteiger partial charge in [0.15, 0.2) is 0 Å². The van der Waals surface area contributed by atoms with Crippen molar-refractivity contribution in [1.82, 2.24) is 0 Å². The number of aldehydes is 1. The Balaban J connectivity index is 2.19. The molecule has 2 aromatic rings. The van der Waals surface area contributed by atoms with E-state index in [2.05, 4.69) is 0 Å². The Bertz CT molecular complexity index is 827. The van der Waals surface area contributed by atoms with E-state index in [9.17, 15) is 9.59 Å². The third-order valence-corrected chi connectivity index (χ3v) is 4.19. The average Bonchev–Trinajstić information content (AvgIpc) is 2.62. The van der Waals surface area contributed by atoms with Gasteiger partial charge in [-0.25, -0.2) is 0 Å². The zero-order valence-corrected chi connectivity index (χ0v) is 13.2. The number of hydrogen-bond acceptors (Lipinski definition) is 4. The smallest absolute Gasteiger partial charge is 0.227 e. The maximum absolute atomic E-state index is 12.7. The van der Waals surface area contributed by atoms with Gasteiger partial charge in [-0.2, -0.15) is 0 Å². The van der Waals surface area contributed by atoms with E-state index in [0.29, 0.717) is 23.6 Å². The number of amides is 1. The van der Waals surface area contributed by atoms with Crippen LogP contribution >= 0.6 is 0 Å². The number of rotatable bonds is 3. The molecule has 5 nitrogen and oxygen atoms in total. The number of nitrogens with two attached hydrogens (primary N) is 2. The lowest BCUT2D eigenvalue weighted by atomic mass is 9.96. The summed E-state index contributed by atoms with van der Waals surface area (Å²) in [4.78, 5) is 25.0. The number of para-hydroxylation sites is 1. The fourth-order valence-electron chi connectivity index (χ4n) is 2.94. The Morgan fingerprint density at radius 3 is 2.38 bits per heavy atom. The molecule has 24 heavy (non-hydrogen) atoms. The molecule has 2 aromatic carbocycles. The Morgan fingerprint density at radius 2 is 1.62 bits per heavy atom. The van der Waals surface area contributed by atoms with E-state index < -0.39 is 0 Å². The van der Waals surface area contributed by atoms with Gasteiger partial charge in [-0.1, -0.05) is 42.5 Å². The topological polar surface area (TPSA) is 89.4 Å². The van der Waals surface area contributed by atoms with Crippen molar-refractivity contribution in [2.75, 3.05) is 4.90 Å². The summed E-state index contributed by atoms with van der Waals surface area (Å²) in [6.07, 6.45) is 1.12. The minimum absolute atomic E-state index is 0.113. The van der Waals surface area contributed by atoms with Gasteiger partial charge in [0.2, 0.25) is 5.91 Å². The molecule has 122 valence electrons. The van der Waals surface area contributed by atoms with Crippen molar-refractivity contribution in [3.05, 3.63) is 65.2 Å².